The largest absolute Gasteiger partial charge is 0.480 e. The van der Waals surface area contributed by atoms with E-state index in [4.69, 9.17) is 5.11 Å². The molecule has 1 saturated heterocycles. The molecular weight excluding hydrogens is 260 g/mol. The lowest BCUT2D eigenvalue weighted by Crippen LogP contribution is -2.49. The van der Waals surface area contributed by atoms with Crippen LogP contribution >= 0.6 is 0 Å². The summed E-state index contributed by atoms with van der Waals surface area (Å²) in [4.78, 5) is 23.9. The summed E-state index contributed by atoms with van der Waals surface area (Å²) in [6, 6.07) is -1.85. The topological polar surface area (TPSA) is 107 Å². The molecule has 3 N–H and O–H groups in total. The second kappa shape index (κ2) is 6.14. The third-order valence-corrected chi connectivity index (χ3v) is 3.65. The van der Waals surface area contributed by atoms with Gasteiger partial charge in [0, 0.05) is 41.8 Å². The molecule has 4 atom stereocenters. The fourth-order valence-electron chi connectivity index (χ4n) is 1.96. The Kier molecular flexibility index (Phi) is 5.09. The number of carboxylic acid groups (broad SMARTS) is 1. The van der Waals surface area contributed by atoms with E-state index in [0.717, 1.165) is 4.90 Å². The number of nitrogens with one attached hydrogen (secondary N) is 1. The summed E-state index contributed by atoms with van der Waals surface area (Å²) in [5.41, 5.74) is 0. The first kappa shape index (κ1) is 14.9. The Morgan fingerprint density at radius 2 is 2.17 bits per heavy atom. The van der Waals surface area contributed by atoms with Crippen LogP contribution in [0.15, 0.2) is 0 Å². The van der Waals surface area contributed by atoms with Gasteiger partial charge in [0.05, 0.1) is 6.10 Å². The molecule has 0 aromatic heterocycles. The lowest BCUT2D eigenvalue weighted by Gasteiger charge is -2.23. The molecule has 18 heavy (non-hydrogen) atoms. The summed E-state index contributed by atoms with van der Waals surface area (Å²) in [7, 11) is -1.04. The summed E-state index contributed by atoms with van der Waals surface area (Å²) < 4.78 is 11.0. The van der Waals surface area contributed by atoms with Gasteiger partial charge in [0.1, 0.15) is 6.04 Å². The number of hydrogen-bond donors (Lipinski definition) is 3. The smallest absolute Gasteiger partial charge is 0.326 e. The second-order valence-electron chi connectivity index (χ2n) is 4.49. The monoisotopic (exact) mass is 278 g/mol. The second-order valence-corrected chi connectivity index (χ2v) is 5.97. The highest BCUT2D eigenvalue weighted by Gasteiger charge is 2.39. The van der Waals surface area contributed by atoms with Crippen molar-refractivity contribution in [2.45, 2.75) is 31.5 Å². The van der Waals surface area contributed by atoms with Crippen molar-refractivity contribution in [2.24, 2.45) is 0 Å². The Balaban J connectivity index is 2.60. The summed E-state index contributed by atoms with van der Waals surface area (Å²) in [5.74, 6) is -0.826. The van der Waals surface area contributed by atoms with Crippen LogP contribution in [0.2, 0.25) is 0 Å². The van der Waals surface area contributed by atoms with Gasteiger partial charge >= 0.3 is 12.0 Å². The van der Waals surface area contributed by atoms with Crippen molar-refractivity contribution in [1.82, 2.24) is 10.2 Å². The van der Waals surface area contributed by atoms with Crippen LogP contribution in [0.25, 0.3) is 0 Å². The molecule has 0 saturated carbocycles. The molecular formula is C10H18N2O5S. The molecule has 0 spiro atoms. The van der Waals surface area contributed by atoms with E-state index in [1.807, 2.05) is 0 Å². The molecule has 7 nitrogen and oxygen atoms in total. The number of carbonyl (C=O) groups excluding carboxylic acids is 1. The summed E-state index contributed by atoms with van der Waals surface area (Å²) in [6.07, 6.45) is 0.756. The maximum absolute atomic E-state index is 11.8. The predicted octanol–water partition coefficient (Wildman–Crippen LogP) is -1.02. The summed E-state index contributed by atoms with van der Waals surface area (Å²) in [6.45, 7) is 1.70. The number of aliphatic carboxylic acids is 1. The van der Waals surface area contributed by atoms with E-state index in [2.05, 4.69) is 5.32 Å². The number of nitrogens with zero attached hydrogens (tertiary/aromatic N) is 1. The Morgan fingerprint density at radius 3 is 2.67 bits per heavy atom. The molecule has 1 rings (SSSR count). The number of aliphatic hydroxyl groups excluding tert-OH is 1. The van der Waals surface area contributed by atoms with Crippen molar-refractivity contribution in [3.63, 3.8) is 0 Å². The van der Waals surface area contributed by atoms with Crippen LogP contribution in [0.4, 0.5) is 4.79 Å². The maximum Gasteiger partial charge on any atom is 0.326 e. The average molecular weight is 278 g/mol. The van der Waals surface area contributed by atoms with Crippen molar-refractivity contribution in [3.8, 4) is 0 Å². The van der Waals surface area contributed by atoms with Crippen molar-refractivity contribution < 1.29 is 24.0 Å². The van der Waals surface area contributed by atoms with Gasteiger partial charge < -0.3 is 20.4 Å². The SMILES string of the molecule is CC(CS(C)=O)NC(=O)N1C[C@H](O)C[C@@H]1C(=O)O. The van der Waals surface area contributed by atoms with Gasteiger partial charge in [-0.1, -0.05) is 0 Å². The van der Waals surface area contributed by atoms with E-state index in [0.29, 0.717) is 5.75 Å². The van der Waals surface area contributed by atoms with Gasteiger partial charge in [-0.2, -0.15) is 0 Å². The number of carboxylic acids is 1. The molecule has 0 aromatic rings. The van der Waals surface area contributed by atoms with Crippen LogP contribution in [0, 0.1) is 0 Å². The van der Waals surface area contributed by atoms with E-state index in [-0.39, 0.29) is 19.0 Å². The van der Waals surface area contributed by atoms with Crippen molar-refractivity contribution >= 4 is 22.8 Å². The number of aliphatic hydroxyl groups is 1. The minimum absolute atomic E-state index is 0.00470. The normalized spacial score (nSPS) is 26.7. The highest BCUT2D eigenvalue weighted by atomic mass is 32.2. The number of amides is 2. The van der Waals surface area contributed by atoms with Crippen LogP contribution in [0.1, 0.15) is 13.3 Å². The number of hydrogen-bond acceptors (Lipinski definition) is 4. The van der Waals surface area contributed by atoms with Gasteiger partial charge in [-0.05, 0) is 6.92 Å². The van der Waals surface area contributed by atoms with Crippen molar-refractivity contribution in [2.75, 3.05) is 18.6 Å². The van der Waals surface area contributed by atoms with E-state index < -0.39 is 34.9 Å². The van der Waals surface area contributed by atoms with E-state index >= 15 is 0 Å². The molecule has 0 aliphatic carbocycles. The predicted molar refractivity (Wildman–Crippen MR) is 65.7 cm³/mol. The molecule has 2 amide bonds. The Labute approximate surface area is 108 Å². The number of likely N-dealkylation sites (tertiary alicyclic amines) is 1. The molecule has 104 valence electrons. The first-order valence-electron chi connectivity index (χ1n) is 5.59. The van der Waals surface area contributed by atoms with Gasteiger partial charge in [-0.15, -0.1) is 0 Å². The number of urea groups is 1. The maximum atomic E-state index is 11.8. The lowest BCUT2D eigenvalue weighted by molar-refractivity contribution is -0.141. The van der Waals surface area contributed by atoms with Gasteiger partial charge in [0.15, 0.2) is 0 Å². The molecule has 0 bridgehead atoms. The van der Waals surface area contributed by atoms with Crippen LogP contribution < -0.4 is 5.32 Å². The standard InChI is InChI=1S/C10H18N2O5S/c1-6(5-18(2)17)11-10(16)12-4-7(13)3-8(12)9(14)15/h6-8,13H,3-5H2,1-2H3,(H,11,16)(H,14,15)/t6?,7-,8-,18?/m1/s1. The molecule has 1 aliphatic heterocycles. The Hall–Kier alpha value is -1.15. The Morgan fingerprint density at radius 1 is 1.56 bits per heavy atom. The number of β-amino-alcohol motifs (C(OH)–C–C–N with tert-alkyl or cyclic N) is 1. The summed E-state index contributed by atoms with van der Waals surface area (Å²) in [5, 5.41) is 20.9. The minimum Gasteiger partial charge on any atom is -0.480 e. The zero-order valence-electron chi connectivity index (χ0n) is 10.3. The third kappa shape index (κ3) is 3.95. The molecule has 8 heteroatoms. The van der Waals surface area contributed by atoms with Crippen LogP contribution in [-0.2, 0) is 15.6 Å². The molecule has 1 aliphatic rings. The van der Waals surface area contributed by atoms with Gasteiger partial charge in [-0.3, -0.25) is 4.21 Å². The van der Waals surface area contributed by atoms with Crippen LogP contribution in [-0.4, -0.2) is 68.1 Å². The highest BCUT2D eigenvalue weighted by molar-refractivity contribution is 7.84. The Bertz CT molecular complexity index is 362. The molecule has 1 heterocycles. The highest BCUT2D eigenvalue weighted by Crippen LogP contribution is 2.18. The van der Waals surface area contributed by atoms with Gasteiger partial charge in [0.25, 0.3) is 0 Å². The molecule has 0 radical (unpaired) electrons. The van der Waals surface area contributed by atoms with Crippen LogP contribution in [0.3, 0.4) is 0 Å². The van der Waals surface area contributed by atoms with Crippen molar-refractivity contribution in [1.29, 1.82) is 0 Å². The summed E-state index contributed by atoms with van der Waals surface area (Å²) >= 11 is 0. The first-order valence-corrected chi connectivity index (χ1v) is 7.32. The van der Waals surface area contributed by atoms with Crippen molar-refractivity contribution in [3.05, 3.63) is 0 Å². The third-order valence-electron chi connectivity index (χ3n) is 2.68. The number of carbonyl (C=O) groups is 2. The quantitative estimate of drug-likeness (QED) is 0.610. The fraction of sp³-hybridized carbons (Fsp3) is 0.800. The molecule has 2 unspecified atom stereocenters. The van der Waals surface area contributed by atoms with E-state index in [1.54, 1.807) is 6.92 Å². The van der Waals surface area contributed by atoms with E-state index in [9.17, 15) is 18.9 Å². The molecule has 1 fully saturated rings. The van der Waals surface area contributed by atoms with Gasteiger partial charge in [0.2, 0.25) is 0 Å². The minimum atomic E-state index is -1.13. The zero-order valence-corrected chi connectivity index (χ0v) is 11.1. The lowest BCUT2D eigenvalue weighted by atomic mass is 10.2. The molecule has 0 aromatic carbocycles. The average Bonchev–Trinajstić information content (AvgIpc) is 2.58. The fourth-order valence-corrected chi connectivity index (χ4v) is 2.75. The zero-order chi connectivity index (χ0) is 13.9. The van der Waals surface area contributed by atoms with Crippen LogP contribution in [0.5, 0.6) is 0 Å². The van der Waals surface area contributed by atoms with E-state index in [1.165, 1.54) is 6.26 Å². The first-order chi connectivity index (χ1) is 8.31. The van der Waals surface area contributed by atoms with Gasteiger partial charge in [-0.25, -0.2) is 9.59 Å². The number of rotatable bonds is 4.